The van der Waals surface area contributed by atoms with Gasteiger partial charge in [-0.1, -0.05) is 35.9 Å². The van der Waals surface area contributed by atoms with Gasteiger partial charge in [0.1, 0.15) is 12.4 Å². The second kappa shape index (κ2) is 7.49. The number of anilines is 1. The van der Waals surface area contributed by atoms with Crippen LogP contribution in [-0.4, -0.2) is 4.98 Å². The largest absolute Gasteiger partial charge is 0.489 e. The molecule has 3 aromatic rings. The molecule has 1 heterocycles. The summed E-state index contributed by atoms with van der Waals surface area (Å²) in [5.74, 6) is 0.835. The molecule has 0 atom stereocenters. The van der Waals surface area contributed by atoms with E-state index in [0.29, 0.717) is 18.2 Å². The molecule has 0 fully saturated rings. The van der Waals surface area contributed by atoms with Crippen molar-refractivity contribution in [1.29, 1.82) is 0 Å². The van der Waals surface area contributed by atoms with E-state index >= 15 is 0 Å². The standard InChI is InChI=1S/C18H17ClN2OS/c1-13-4-2-3-5-14(13)12-22-17-7-6-16(19)10-15(17)11-21-18-20-8-9-23-18/h2-10H,11-12H2,1H3,(H,20,21). The molecule has 3 nitrogen and oxygen atoms in total. The first-order valence-electron chi connectivity index (χ1n) is 7.31. The third kappa shape index (κ3) is 4.24. The molecule has 1 N–H and O–H groups in total. The van der Waals surface area contributed by atoms with E-state index in [-0.39, 0.29) is 0 Å². The molecule has 0 unspecified atom stereocenters. The second-order valence-electron chi connectivity index (χ2n) is 5.16. The molecule has 0 amide bonds. The zero-order valence-electron chi connectivity index (χ0n) is 12.8. The van der Waals surface area contributed by atoms with Gasteiger partial charge in [0, 0.05) is 28.7 Å². The minimum atomic E-state index is 0.540. The lowest BCUT2D eigenvalue weighted by Crippen LogP contribution is -2.04. The molecular formula is C18H17ClN2OS. The molecular weight excluding hydrogens is 328 g/mol. The number of aromatic nitrogens is 1. The molecule has 1 aromatic heterocycles. The highest BCUT2D eigenvalue weighted by molar-refractivity contribution is 7.13. The van der Waals surface area contributed by atoms with Crippen molar-refractivity contribution in [2.75, 3.05) is 5.32 Å². The molecule has 0 aliphatic rings. The Kier molecular flexibility index (Phi) is 5.16. The van der Waals surface area contributed by atoms with E-state index < -0.39 is 0 Å². The fourth-order valence-electron chi connectivity index (χ4n) is 2.24. The van der Waals surface area contributed by atoms with Crippen molar-refractivity contribution in [2.24, 2.45) is 0 Å². The summed E-state index contributed by atoms with van der Waals surface area (Å²) in [6.07, 6.45) is 1.78. The zero-order chi connectivity index (χ0) is 16.1. The van der Waals surface area contributed by atoms with Gasteiger partial charge in [-0.3, -0.25) is 0 Å². The van der Waals surface area contributed by atoms with E-state index in [2.05, 4.69) is 29.4 Å². The van der Waals surface area contributed by atoms with Crippen LogP contribution in [0.1, 0.15) is 16.7 Å². The highest BCUT2D eigenvalue weighted by Crippen LogP contribution is 2.25. The molecule has 118 valence electrons. The summed E-state index contributed by atoms with van der Waals surface area (Å²) in [6.45, 7) is 3.25. The van der Waals surface area contributed by atoms with Gasteiger partial charge in [0.05, 0.1) is 0 Å². The van der Waals surface area contributed by atoms with Gasteiger partial charge in [0.15, 0.2) is 5.13 Å². The minimum Gasteiger partial charge on any atom is -0.489 e. The molecule has 3 rings (SSSR count). The number of halogens is 1. The number of rotatable bonds is 6. The van der Waals surface area contributed by atoms with Gasteiger partial charge >= 0.3 is 0 Å². The van der Waals surface area contributed by atoms with Crippen LogP contribution in [-0.2, 0) is 13.2 Å². The van der Waals surface area contributed by atoms with Gasteiger partial charge in [0.25, 0.3) is 0 Å². The summed E-state index contributed by atoms with van der Waals surface area (Å²) in [7, 11) is 0. The number of nitrogens with one attached hydrogen (secondary N) is 1. The monoisotopic (exact) mass is 344 g/mol. The van der Waals surface area contributed by atoms with Gasteiger partial charge < -0.3 is 10.1 Å². The minimum absolute atomic E-state index is 0.540. The Bertz CT molecular complexity index is 774. The second-order valence-corrected chi connectivity index (χ2v) is 6.49. The third-order valence-electron chi connectivity index (χ3n) is 3.53. The van der Waals surface area contributed by atoms with Crippen molar-refractivity contribution in [1.82, 2.24) is 4.98 Å². The van der Waals surface area contributed by atoms with Crippen molar-refractivity contribution in [3.63, 3.8) is 0 Å². The van der Waals surface area contributed by atoms with E-state index in [1.807, 2.05) is 35.7 Å². The van der Waals surface area contributed by atoms with Crippen LogP contribution in [0.15, 0.2) is 54.0 Å². The summed E-state index contributed by atoms with van der Waals surface area (Å²) in [5, 5.41) is 6.81. The van der Waals surface area contributed by atoms with E-state index in [4.69, 9.17) is 16.3 Å². The molecule has 0 saturated heterocycles. The molecule has 5 heteroatoms. The first kappa shape index (κ1) is 15.8. The first-order valence-corrected chi connectivity index (χ1v) is 8.57. The van der Waals surface area contributed by atoms with E-state index in [9.17, 15) is 0 Å². The summed E-state index contributed by atoms with van der Waals surface area (Å²) < 4.78 is 6.01. The van der Waals surface area contributed by atoms with Gasteiger partial charge in [-0.2, -0.15) is 0 Å². The maximum atomic E-state index is 6.12. The first-order chi connectivity index (χ1) is 11.2. The SMILES string of the molecule is Cc1ccccc1COc1ccc(Cl)cc1CNc1nccs1. The predicted molar refractivity (Wildman–Crippen MR) is 96.4 cm³/mol. The smallest absolute Gasteiger partial charge is 0.182 e. The van der Waals surface area contributed by atoms with Crippen LogP contribution >= 0.6 is 22.9 Å². The van der Waals surface area contributed by atoms with Crippen LogP contribution in [0.25, 0.3) is 0 Å². The number of nitrogens with zero attached hydrogens (tertiary/aromatic N) is 1. The lowest BCUT2D eigenvalue weighted by molar-refractivity contribution is 0.302. The maximum Gasteiger partial charge on any atom is 0.182 e. The zero-order valence-corrected chi connectivity index (χ0v) is 14.3. The molecule has 0 saturated carbocycles. The van der Waals surface area contributed by atoms with E-state index in [0.717, 1.165) is 16.4 Å². The summed E-state index contributed by atoms with van der Waals surface area (Å²) in [4.78, 5) is 4.22. The molecule has 2 aromatic carbocycles. The Morgan fingerprint density at radius 3 is 2.83 bits per heavy atom. The van der Waals surface area contributed by atoms with Crippen molar-refractivity contribution in [2.45, 2.75) is 20.1 Å². The van der Waals surface area contributed by atoms with Crippen LogP contribution in [0.3, 0.4) is 0 Å². The van der Waals surface area contributed by atoms with Crippen molar-refractivity contribution in [3.05, 3.63) is 75.8 Å². The summed E-state index contributed by atoms with van der Waals surface area (Å²) >= 11 is 7.69. The molecule has 23 heavy (non-hydrogen) atoms. The fraction of sp³-hybridized carbons (Fsp3) is 0.167. The molecule has 0 aliphatic carbocycles. The van der Waals surface area contributed by atoms with E-state index in [1.54, 1.807) is 17.5 Å². The quantitative estimate of drug-likeness (QED) is 0.659. The molecule has 0 spiro atoms. The predicted octanol–water partition coefficient (Wildman–Crippen LogP) is 5.30. The number of hydrogen-bond donors (Lipinski definition) is 1. The summed E-state index contributed by atoms with van der Waals surface area (Å²) in [5.41, 5.74) is 3.42. The average molecular weight is 345 g/mol. The number of ether oxygens (including phenoxy) is 1. The van der Waals surface area contributed by atoms with Crippen LogP contribution < -0.4 is 10.1 Å². The molecule has 0 bridgehead atoms. The highest BCUT2D eigenvalue weighted by atomic mass is 35.5. The van der Waals surface area contributed by atoms with Gasteiger partial charge in [0.2, 0.25) is 0 Å². The Balaban J connectivity index is 1.72. The Hall–Kier alpha value is -2.04. The fourth-order valence-corrected chi connectivity index (χ4v) is 2.96. The topological polar surface area (TPSA) is 34.1 Å². The number of thiazole rings is 1. The Morgan fingerprint density at radius 2 is 2.04 bits per heavy atom. The van der Waals surface area contributed by atoms with Crippen molar-refractivity contribution < 1.29 is 4.74 Å². The van der Waals surface area contributed by atoms with Crippen LogP contribution in [0.5, 0.6) is 5.75 Å². The van der Waals surface area contributed by atoms with E-state index in [1.165, 1.54) is 11.1 Å². The van der Waals surface area contributed by atoms with Gasteiger partial charge in [-0.05, 0) is 36.2 Å². The number of aryl methyl sites for hydroxylation is 1. The molecule has 0 aliphatic heterocycles. The third-order valence-corrected chi connectivity index (χ3v) is 4.50. The number of benzene rings is 2. The van der Waals surface area contributed by atoms with Gasteiger partial charge in [-0.25, -0.2) is 4.98 Å². The number of hydrogen-bond acceptors (Lipinski definition) is 4. The average Bonchev–Trinajstić information content (AvgIpc) is 3.07. The Labute approximate surface area is 144 Å². The Morgan fingerprint density at radius 1 is 1.17 bits per heavy atom. The van der Waals surface area contributed by atoms with Crippen molar-refractivity contribution >= 4 is 28.1 Å². The van der Waals surface area contributed by atoms with Crippen LogP contribution in [0.2, 0.25) is 5.02 Å². The lowest BCUT2D eigenvalue weighted by Gasteiger charge is -2.13. The highest BCUT2D eigenvalue weighted by Gasteiger charge is 2.07. The van der Waals surface area contributed by atoms with Crippen LogP contribution in [0, 0.1) is 6.92 Å². The normalized spacial score (nSPS) is 10.5. The lowest BCUT2D eigenvalue weighted by atomic mass is 10.1. The summed E-state index contributed by atoms with van der Waals surface area (Å²) in [6, 6.07) is 13.9. The van der Waals surface area contributed by atoms with Crippen molar-refractivity contribution in [3.8, 4) is 5.75 Å². The maximum absolute atomic E-state index is 6.12. The van der Waals surface area contributed by atoms with Gasteiger partial charge in [-0.15, -0.1) is 11.3 Å². The van der Waals surface area contributed by atoms with Crippen LogP contribution in [0.4, 0.5) is 5.13 Å². The molecule has 0 radical (unpaired) electrons.